The molecule has 0 bridgehead atoms. The number of ether oxygens (including phenoxy) is 4. The van der Waals surface area contributed by atoms with E-state index in [2.05, 4.69) is 0 Å². The van der Waals surface area contributed by atoms with E-state index in [9.17, 15) is 4.79 Å². The highest BCUT2D eigenvalue weighted by molar-refractivity contribution is 6.30. The van der Waals surface area contributed by atoms with Gasteiger partial charge in [-0.15, -0.1) is 0 Å². The Balaban J connectivity index is 1.40. The normalized spacial score (nSPS) is 11.9. The largest absolute Gasteiger partial charge is 0.488 e. The summed E-state index contributed by atoms with van der Waals surface area (Å²) in [5.41, 5.74) is 2.14. The molecule has 6 heteroatoms. The molecule has 0 atom stereocenters. The molecule has 0 spiro atoms. The standard InChI is InChI=1S/C22H17ClO5/c23-17-8-5-15(6-9-17)12-25-19-4-2-1-3-18(19)22(24)26-13-16-7-10-20-21(11-16)28-14-27-20/h1-11H,12-14H2. The third-order valence-electron chi connectivity index (χ3n) is 4.22. The Morgan fingerprint density at radius 2 is 1.64 bits per heavy atom. The SMILES string of the molecule is O=C(OCc1ccc2c(c1)OCO2)c1ccccc1OCc1ccc(Cl)cc1. The Labute approximate surface area is 167 Å². The molecule has 1 aliphatic rings. The average molecular weight is 397 g/mol. The van der Waals surface area contributed by atoms with Gasteiger partial charge in [0.05, 0.1) is 0 Å². The predicted octanol–water partition coefficient (Wildman–Crippen LogP) is 5.00. The smallest absolute Gasteiger partial charge is 0.342 e. The Bertz CT molecular complexity index is 984. The van der Waals surface area contributed by atoms with Gasteiger partial charge in [0.15, 0.2) is 11.5 Å². The summed E-state index contributed by atoms with van der Waals surface area (Å²) >= 11 is 5.90. The van der Waals surface area contributed by atoms with Gasteiger partial charge in [-0.25, -0.2) is 4.79 Å². The number of carbonyl (C=O) groups excluding carboxylic acids is 1. The van der Waals surface area contributed by atoms with Crippen LogP contribution in [0.15, 0.2) is 66.7 Å². The third-order valence-corrected chi connectivity index (χ3v) is 4.47. The number of hydrogen-bond acceptors (Lipinski definition) is 5. The maximum atomic E-state index is 12.6. The van der Waals surface area contributed by atoms with Crippen molar-refractivity contribution in [3.63, 3.8) is 0 Å². The molecule has 142 valence electrons. The zero-order valence-electron chi connectivity index (χ0n) is 14.9. The number of carbonyl (C=O) groups is 1. The monoisotopic (exact) mass is 396 g/mol. The number of benzene rings is 3. The van der Waals surface area contributed by atoms with Gasteiger partial charge in [-0.1, -0.05) is 41.9 Å². The van der Waals surface area contributed by atoms with E-state index in [0.29, 0.717) is 34.4 Å². The van der Waals surface area contributed by atoms with E-state index < -0.39 is 5.97 Å². The molecule has 0 amide bonds. The van der Waals surface area contributed by atoms with Crippen molar-refractivity contribution in [2.75, 3.05) is 6.79 Å². The molecule has 3 aromatic rings. The number of rotatable bonds is 6. The molecule has 4 rings (SSSR count). The van der Waals surface area contributed by atoms with E-state index in [0.717, 1.165) is 11.1 Å². The van der Waals surface area contributed by atoms with Gasteiger partial charge < -0.3 is 18.9 Å². The summed E-state index contributed by atoms with van der Waals surface area (Å²) < 4.78 is 21.9. The molecule has 1 heterocycles. The second-order valence-corrected chi connectivity index (χ2v) is 6.61. The molecule has 1 aliphatic heterocycles. The van der Waals surface area contributed by atoms with E-state index in [1.54, 1.807) is 42.5 Å². The number of hydrogen-bond donors (Lipinski definition) is 0. The quantitative estimate of drug-likeness (QED) is 0.548. The van der Waals surface area contributed by atoms with E-state index in [-0.39, 0.29) is 13.4 Å². The number of fused-ring (bicyclic) bond motifs is 1. The van der Waals surface area contributed by atoms with Crippen LogP contribution in [-0.2, 0) is 18.0 Å². The minimum Gasteiger partial charge on any atom is -0.488 e. The fourth-order valence-corrected chi connectivity index (χ4v) is 2.89. The molecule has 0 aromatic heterocycles. The van der Waals surface area contributed by atoms with Crippen LogP contribution in [0.25, 0.3) is 0 Å². The molecule has 0 unspecified atom stereocenters. The van der Waals surface area contributed by atoms with Crippen molar-refractivity contribution in [3.05, 3.63) is 88.4 Å². The number of halogens is 1. The van der Waals surface area contributed by atoms with Crippen LogP contribution in [0, 0.1) is 0 Å². The van der Waals surface area contributed by atoms with Gasteiger partial charge in [0.2, 0.25) is 6.79 Å². The van der Waals surface area contributed by atoms with Crippen molar-refractivity contribution in [2.24, 2.45) is 0 Å². The lowest BCUT2D eigenvalue weighted by atomic mass is 10.2. The Morgan fingerprint density at radius 1 is 0.893 bits per heavy atom. The molecule has 0 fully saturated rings. The van der Waals surface area contributed by atoms with Crippen molar-refractivity contribution >= 4 is 17.6 Å². The molecular weight excluding hydrogens is 380 g/mol. The summed E-state index contributed by atoms with van der Waals surface area (Å²) in [6.45, 7) is 0.654. The summed E-state index contributed by atoms with van der Waals surface area (Å²) in [7, 11) is 0. The van der Waals surface area contributed by atoms with Crippen LogP contribution < -0.4 is 14.2 Å². The van der Waals surface area contributed by atoms with Crippen LogP contribution in [0.2, 0.25) is 5.02 Å². The third kappa shape index (κ3) is 4.21. The average Bonchev–Trinajstić information content (AvgIpc) is 3.20. The van der Waals surface area contributed by atoms with Crippen molar-refractivity contribution in [1.82, 2.24) is 0 Å². The van der Waals surface area contributed by atoms with E-state index in [1.165, 1.54) is 0 Å². The predicted molar refractivity (Wildman–Crippen MR) is 104 cm³/mol. The van der Waals surface area contributed by atoms with Gasteiger partial charge in [0, 0.05) is 5.02 Å². The first-order valence-electron chi connectivity index (χ1n) is 8.71. The van der Waals surface area contributed by atoms with Crippen LogP contribution in [0.4, 0.5) is 0 Å². The van der Waals surface area contributed by atoms with Crippen LogP contribution in [0.1, 0.15) is 21.5 Å². The van der Waals surface area contributed by atoms with Crippen molar-refractivity contribution in [3.8, 4) is 17.2 Å². The zero-order chi connectivity index (χ0) is 19.3. The Kier molecular flexibility index (Phi) is 5.35. The van der Waals surface area contributed by atoms with Gasteiger partial charge in [-0.05, 0) is 47.5 Å². The Hall–Kier alpha value is -3.18. The maximum Gasteiger partial charge on any atom is 0.342 e. The van der Waals surface area contributed by atoms with Crippen LogP contribution >= 0.6 is 11.6 Å². The molecule has 0 saturated heterocycles. The van der Waals surface area contributed by atoms with Crippen LogP contribution in [0.5, 0.6) is 17.2 Å². The molecule has 3 aromatic carbocycles. The first kappa shape index (κ1) is 18.2. The molecule has 28 heavy (non-hydrogen) atoms. The summed E-state index contributed by atoms with van der Waals surface area (Å²) in [5.74, 6) is 1.36. The minimum atomic E-state index is -0.454. The highest BCUT2D eigenvalue weighted by Crippen LogP contribution is 2.32. The first-order chi connectivity index (χ1) is 13.7. The fraction of sp³-hybridized carbons (Fsp3) is 0.136. The van der Waals surface area contributed by atoms with Gasteiger partial charge in [-0.2, -0.15) is 0 Å². The summed E-state index contributed by atoms with van der Waals surface area (Å²) in [5, 5.41) is 0.663. The van der Waals surface area contributed by atoms with Crippen molar-refractivity contribution in [2.45, 2.75) is 13.2 Å². The lowest BCUT2D eigenvalue weighted by molar-refractivity contribution is 0.0467. The van der Waals surface area contributed by atoms with E-state index >= 15 is 0 Å². The highest BCUT2D eigenvalue weighted by atomic mass is 35.5. The maximum absolute atomic E-state index is 12.6. The van der Waals surface area contributed by atoms with E-state index in [4.69, 9.17) is 30.5 Å². The van der Waals surface area contributed by atoms with Gasteiger partial charge in [0.1, 0.15) is 24.5 Å². The molecule has 0 N–H and O–H groups in total. The lowest BCUT2D eigenvalue weighted by Crippen LogP contribution is -2.08. The van der Waals surface area contributed by atoms with Crippen molar-refractivity contribution < 1.29 is 23.7 Å². The topological polar surface area (TPSA) is 54.0 Å². The van der Waals surface area contributed by atoms with Gasteiger partial charge in [-0.3, -0.25) is 0 Å². The lowest BCUT2D eigenvalue weighted by Gasteiger charge is -2.11. The summed E-state index contributed by atoms with van der Waals surface area (Å²) in [6.07, 6.45) is 0. The molecule has 0 radical (unpaired) electrons. The summed E-state index contributed by atoms with van der Waals surface area (Å²) in [6, 6.07) is 19.8. The number of para-hydroxylation sites is 1. The molecule has 0 saturated carbocycles. The Morgan fingerprint density at radius 3 is 2.50 bits per heavy atom. The van der Waals surface area contributed by atoms with Crippen molar-refractivity contribution in [1.29, 1.82) is 0 Å². The fourth-order valence-electron chi connectivity index (χ4n) is 2.76. The second-order valence-electron chi connectivity index (χ2n) is 6.18. The van der Waals surface area contributed by atoms with Gasteiger partial charge in [0.25, 0.3) is 0 Å². The molecular formula is C22H17ClO5. The van der Waals surface area contributed by atoms with Crippen LogP contribution in [0.3, 0.4) is 0 Å². The molecule has 0 aliphatic carbocycles. The van der Waals surface area contributed by atoms with Gasteiger partial charge >= 0.3 is 5.97 Å². The highest BCUT2D eigenvalue weighted by Gasteiger charge is 2.16. The van der Waals surface area contributed by atoms with Crippen LogP contribution in [-0.4, -0.2) is 12.8 Å². The molecule has 5 nitrogen and oxygen atoms in total. The number of esters is 1. The minimum absolute atomic E-state index is 0.126. The second kappa shape index (κ2) is 8.23. The first-order valence-corrected chi connectivity index (χ1v) is 9.09. The summed E-state index contributed by atoms with van der Waals surface area (Å²) in [4.78, 5) is 12.6. The zero-order valence-corrected chi connectivity index (χ0v) is 15.6. The van der Waals surface area contributed by atoms with E-state index in [1.807, 2.05) is 24.3 Å².